The van der Waals surface area contributed by atoms with Crippen molar-refractivity contribution >= 4 is 27.7 Å². The fourth-order valence-electron chi connectivity index (χ4n) is 1.38. The maximum atomic E-state index is 9.36. The van der Waals surface area contributed by atoms with Crippen LogP contribution in [0.2, 0.25) is 0 Å². The number of aliphatic hydroxyl groups is 1. The van der Waals surface area contributed by atoms with Crippen LogP contribution < -0.4 is 5.73 Å². The van der Waals surface area contributed by atoms with Crippen LogP contribution in [0.25, 0.3) is 0 Å². The Morgan fingerprint density at radius 1 is 1.44 bits per heavy atom. The van der Waals surface area contributed by atoms with Gasteiger partial charge in [0.1, 0.15) is 0 Å². The third kappa shape index (κ3) is 4.09. The van der Waals surface area contributed by atoms with Crippen LogP contribution in [-0.4, -0.2) is 23.0 Å². The summed E-state index contributed by atoms with van der Waals surface area (Å²) in [6.45, 7) is 4.26. The average molecular weight is 304 g/mol. The van der Waals surface area contributed by atoms with Gasteiger partial charge in [-0.2, -0.15) is 0 Å². The summed E-state index contributed by atoms with van der Waals surface area (Å²) >= 11 is 5.07. The van der Waals surface area contributed by atoms with Crippen molar-refractivity contribution in [1.29, 1.82) is 0 Å². The first-order valence-electron chi connectivity index (χ1n) is 5.33. The normalized spacial score (nSPS) is 15.1. The van der Waals surface area contributed by atoms with Crippen molar-refractivity contribution in [1.82, 2.24) is 0 Å². The SMILES string of the molecule is CC(C)C(N)C(CO)Sc1cccc(Br)c1. The molecule has 0 spiro atoms. The average Bonchev–Trinajstić information content (AvgIpc) is 2.25. The van der Waals surface area contributed by atoms with Gasteiger partial charge < -0.3 is 10.8 Å². The topological polar surface area (TPSA) is 46.2 Å². The molecular formula is C12H18BrNOS. The van der Waals surface area contributed by atoms with Gasteiger partial charge in [-0.25, -0.2) is 0 Å². The highest BCUT2D eigenvalue weighted by Gasteiger charge is 2.21. The second kappa shape index (κ2) is 6.64. The Hall–Kier alpha value is -0.0300. The molecule has 0 heterocycles. The summed E-state index contributed by atoms with van der Waals surface area (Å²) < 4.78 is 1.05. The highest BCUT2D eigenvalue weighted by atomic mass is 79.9. The number of halogens is 1. The fourth-order valence-corrected chi connectivity index (χ4v) is 3.18. The molecule has 0 saturated heterocycles. The molecule has 4 heteroatoms. The van der Waals surface area contributed by atoms with E-state index in [-0.39, 0.29) is 17.9 Å². The Kier molecular flexibility index (Phi) is 5.83. The molecule has 0 aliphatic rings. The van der Waals surface area contributed by atoms with E-state index in [2.05, 4.69) is 29.8 Å². The van der Waals surface area contributed by atoms with Gasteiger partial charge in [0, 0.05) is 20.7 Å². The van der Waals surface area contributed by atoms with Gasteiger partial charge in [-0.1, -0.05) is 35.8 Å². The van der Waals surface area contributed by atoms with Gasteiger partial charge in [0.25, 0.3) is 0 Å². The van der Waals surface area contributed by atoms with Crippen LogP contribution in [0.3, 0.4) is 0 Å². The van der Waals surface area contributed by atoms with Crippen LogP contribution >= 0.6 is 27.7 Å². The molecule has 0 bridgehead atoms. The minimum absolute atomic E-state index is 0.00832. The van der Waals surface area contributed by atoms with Crippen molar-refractivity contribution in [2.75, 3.05) is 6.61 Å². The highest BCUT2D eigenvalue weighted by molar-refractivity contribution is 9.10. The molecule has 0 aromatic heterocycles. The molecular weight excluding hydrogens is 286 g/mol. The second-order valence-electron chi connectivity index (χ2n) is 4.12. The lowest BCUT2D eigenvalue weighted by Crippen LogP contribution is -2.39. The number of aliphatic hydroxyl groups excluding tert-OH is 1. The Morgan fingerprint density at radius 3 is 2.62 bits per heavy atom. The summed E-state index contributed by atoms with van der Waals surface area (Å²) in [5.41, 5.74) is 6.06. The third-order valence-corrected chi connectivity index (χ3v) is 4.25. The second-order valence-corrected chi connectivity index (χ2v) is 6.35. The van der Waals surface area contributed by atoms with Gasteiger partial charge in [0.05, 0.1) is 6.61 Å². The van der Waals surface area contributed by atoms with E-state index in [1.165, 1.54) is 0 Å². The van der Waals surface area contributed by atoms with Gasteiger partial charge in [0.15, 0.2) is 0 Å². The molecule has 90 valence electrons. The van der Waals surface area contributed by atoms with Crippen LogP contribution in [0.1, 0.15) is 13.8 Å². The van der Waals surface area contributed by atoms with Crippen molar-refractivity contribution in [3.8, 4) is 0 Å². The van der Waals surface area contributed by atoms with Crippen molar-refractivity contribution in [2.45, 2.75) is 30.0 Å². The zero-order chi connectivity index (χ0) is 12.1. The Morgan fingerprint density at radius 2 is 2.12 bits per heavy atom. The summed E-state index contributed by atoms with van der Waals surface area (Å²) in [6.07, 6.45) is 0. The molecule has 3 N–H and O–H groups in total. The number of hydrogen-bond acceptors (Lipinski definition) is 3. The first-order chi connectivity index (χ1) is 7.54. The molecule has 0 amide bonds. The van der Waals surface area contributed by atoms with Gasteiger partial charge in [0.2, 0.25) is 0 Å². The minimum atomic E-state index is 0.00832. The lowest BCUT2D eigenvalue weighted by molar-refractivity contribution is 0.269. The quantitative estimate of drug-likeness (QED) is 0.822. The monoisotopic (exact) mass is 303 g/mol. The van der Waals surface area contributed by atoms with Crippen LogP contribution in [0.15, 0.2) is 33.6 Å². The zero-order valence-corrected chi connectivity index (χ0v) is 12.0. The molecule has 1 rings (SSSR count). The number of nitrogens with two attached hydrogens (primary N) is 1. The molecule has 0 fully saturated rings. The zero-order valence-electron chi connectivity index (χ0n) is 9.56. The van der Waals surface area contributed by atoms with Crippen molar-refractivity contribution < 1.29 is 5.11 Å². The lowest BCUT2D eigenvalue weighted by Gasteiger charge is -2.24. The van der Waals surface area contributed by atoms with E-state index >= 15 is 0 Å². The Labute approximate surface area is 110 Å². The van der Waals surface area contributed by atoms with Gasteiger partial charge >= 0.3 is 0 Å². The van der Waals surface area contributed by atoms with E-state index in [9.17, 15) is 5.11 Å². The van der Waals surface area contributed by atoms with E-state index in [4.69, 9.17) is 5.73 Å². The summed E-state index contributed by atoms with van der Waals surface area (Å²) in [5, 5.41) is 9.41. The molecule has 2 unspecified atom stereocenters. The maximum Gasteiger partial charge on any atom is 0.0568 e. The molecule has 0 radical (unpaired) electrons. The van der Waals surface area contributed by atoms with Crippen LogP contribution in [0.4, 0.5) is 0 Å². The first-order valence-corrected chi connectivity index (χ1v) is 7.00. The van der Waals surface area contributed by atoms with Gasteiger partial charge in [-0.05, 0) is 24.1 Å². The predicted octanol–water partition coefficient (Wildman–Crippen LogP) is 2.89. The number of hydrogen-bond donors (Lipinski definition) is 2. The van der Waals surface area contributed by atoms with E-state index in [1.807, 2.05) is 24.3 Å². The van der Waals surface area contributed by atoms with E-state index in [0.29, 0.717) is 5.92 Å². The molecule has 2 atom stereocenters. The third-order valence-electron chi connectivity index (χ3n) is 2.46. The van der Waals surface area contributed by atoms with E-state index in [0.717, 1.165) is 9.37 Å². The van der Waals surface area contributed by atoms with Crippen molar-refractivity contribution in [3.05, 3.63) is 28.7 Å². The number of thioether (sulfide) groups is 1. The highest BCUT2D eigenvalue weighted by Crippen LogP contribution is 2.28. The molecule has 0 saturated carbocycles. The minimum Gasteiger partial charge on any atom is -0.395 e. The number of rotatable bonds is 5. The standard InChI is InChI=1S/C12H18BrNOS/c1-8(2)12(14)11(7-15)16-10-5-3-4-9(13)6-10/h3-6,8,11-12,15H,7,14H2,1-2H3. The Balaban J connectivity index is 2.70. The molecule has 16 heavy (non-hydrogen) atoms. The maximum absolute atomic E-state index is 9.36. The molecule has 1 aromatic carbocycles. The summed E-state index contributed by atoms with van der Waals surface area (Å²) in [4.78, 5) is 1.13. The number of benzene rings is 1. The first kappa shape index (κ1) is 14.0. The molecule has 2 nitrogen and oxygen atoms in total. The van der Waals surface area contributed by atoms with Gasteiger partial charge in [-0.15, -0.1) is 11.8 Å². The smallest absolute Gasteiger partial charge is 0.0568 e. The van der Waals surface area contributed by atoms with E-state index in [1.54, 1.807) is 11.8 Å². The summed E-state index contributed by atoms with van der Waals surface area (Å²) in [5.74, 6) is 0.372. The van der Waals surface area contributed by atoms with Crippen molar-refractivity contribution in [3.63, 3.8) is 0 Å². The molecule has 0 aliphatic carbocycles. The molecule has 0 aliphatic heterocycles. The summed E-state index contributed by atoms with van der Waals surface area (Å²) in [7, 11) is 0. The van der Waals surface area contributed by atoms with Crippen molar-refractivity contribution in [2.24, 2.45) is 11.7 Å². The van der Waals surface area contributed by atoms with E-state index < -0.39 is 0 Å². The molecule has 1 aromatic rings. The van der Waals surface area contributed by atoms with Crippen LogP contribution in [-0.2, 0) is 0 Å². The lowest BCUT2D eigenvalue weighted by atomic mass is 10.0. The fraction of sp³-hybridized carbons (Fsp3) is 0.500. The summed E-state index contributed by atoms with van der Waals surface area (Å²) in [6, 6.07) is 8.06. The van der Waals surface area contributed by atoms with Crippen LogP contribution in [0, 0.1) is 5.92 Å². The Bertz CT molecular complexity index is 333. The largest absolute Gasteiger partial charge is 0.395 e. The van der Waals surface area contributed by atoms with Crippen LogP contribution in [0.5, 0.6) is 0 Å². The predicted molar refractivity (Wildman–Crippen MR) is 73.7 cm³/mol. The van der Waals surface area contributed by atoms with Gasteiger partial charge in [-0.3, -0.25) is 0 Å².